The van der Waals surface area contributed by atoms with Gasteiger partial charge in [-0.25, -0.2) is 0 Å². The molecule has 1 aromatic carbocycles. The molecule has 0 aliphatic carbocycles. The van der Waals surface area contributed by atoms with E-state index in [1.165, 1.54) is 11.3 Å². The van der Waals surface area contributed by atoms with Crippen molar-refractivity contribution in [3.63, 3.8) is 0 Å². The zero-order valence-electron chi connectivity index (χ0n) is 8.80. The molecule has 13 heavy (non-hydrogen) atoms. The predicted octanol–water partition coefficient (Wildman–Crippen LogP) is 3.46. The van der Waals surface area contributed by atoms with Gasteiger partial charge in [0.25, 0.3) is 0 Å². The zero-order valence-corrected chi connectivity index (χ0v) is 8.80. The first-order chi connectivity index (χ1) is 6.27. The van der Waals surface area contributed by atoms with Crippen LogP contribution in [0.2, 0.25) is 0 Å². The Balaban J connectivity index is 2.74. The molecule has 0 spiro atoms. The number of hydrogen-bond donors (Lipinski definition) is 1. The van der Waals surface area contributed by atoms with Crippen LogP contribution in [0.5, 0.6) is 0 Å². The summed E-state index contributed by atoms with van der Waals surface area (Å²) in [4.78, 5) is 0. The Morgan fingerprint density at radius 2 is 1.92 bits per heavy atom. The first-order valence-electron chi connectivity index (χ1n) is 5.12. The van der Waals surface area contributed by atoms with Gasteiger partial charge in [0.1, 0.15) is 0 Å². The van der Waals surface area contributed by atoms with Crippen LogP contribution in [0.4, 0.5) is 5.69 Å². The largest absolute Gasteiger partial charge is 0.382 e. The highest BCUT2D eigenvalue weighted by molar-refractivity contribution is 5.51. The molecule has 1 heteroatoms. The second-order valence-corrected chi connectivity index (χ2v) is 3.46. The van der Waals surface area contributed by atoms with E-state index < -0.39 is 0 Å². The van der Waals surface area contributed by atoms with Crippen molar-refractivity contribution in [2.75, 3.05) is 5.32 Å². The standard InChI is InChI=1S/C12H19N/c1-4-10(3)13-12-9-7-6-8-11(12)5-2/h6-10,13H,4-5H2,1-3H3/t10-/m0/s1. The van der Waals surface area contributed by atoms with Crippen LogP contribution in [-0.2, 0) is 6.42 Å². The van der Waals surface area contributed by atoms with Crippen LogP contribution in [0.3, 0.4) is 0 Å². The minimum absolute atomic E-state index is 0.563. The smallest absolute Gasteiger partial charge is 0.0374 e. The number of hydrogen-bond acceptors (Lipinski definition) is 1. The third-order valence-corrected chi connectivity index (χ3v) is 2.41. The predicted molar refractivity (Wildman–Crippen MR) is 59.2 cm³/mol. The highest BCUT2D eigenvalue weighted by atomic mass is 14.9. The fourth-order valence-corrected chi connectivity index (χ4v) is 1.34. The van der Waals surface area contributed by atoms with Gasteiger partial charge in [-0.3, -0.25) is 0 Å². The van der Waals surface area contributed by atoms with Crippen LogP contribution in [-0.4, -0.2) is 6.04 Å². The van der Waals surface area contributed by atoms with Crippen molar-refractivity contribution in [1.29, 1.82) is 0 Å². The second-order valence-electron chi connectivity index (χ2n) is 3.46. The van der Waals surface area contributed by atoms with E-state index in [2.05, 4.69) is 50.4 Å². The van der Waals surface area contributed by atoms with E-state index in [1.807, 2.05) is 0 Å². The molecule has 0 aliphatic heterocycles. The first-order valence-corrected chi connectivity index (χ1v) is 5.12. The summed E-state index contributed by atoms with van der Waals surface area (Å²) >= 11 is 0. The van der Waals surface area contributed by atoms with Crippen molar-refractivity contribution < 1.29 is 0 Å². The molecule has 0 radical (unpaired) electrons. The Bertz CT molecular complexity index is 255. The molecule has 1 nitrogen and oxygen atoms in total. The fourth-order valence-electron chi connectivity index (χ4n) is 1.34. The Kier molecular flexibility index (Phi) is 3.81. The van der Waals surface area contributed by atoms with Crippen molar-refractivity contribution in [2.24, 2.45) is 0 Å². The molecule has 0 bridgehead atoms. The number of anilines is 1. The van der Waals surface area contributed by atoms with E-state index in [9.17, 15) is 0 Å². The molecule has 1 aromatic rings. The molecule has 0 saturated heterocycles. The molecule has 1 rings (SSSR count). The molecular weight excluding hydrogens is 158 g/mol. The lowest BCUT2D eigenvalue weighted by Gasteiger charge is -2.15. The minimum atomic E-state index is 0.563. The van der Waals surface area contributed by atoms with Crippen LogP contribution in [0, 0.1) is 0 Å². The van der Waals surface area contributed by atoms with Crippen molar-refractivity contribution in [3.8, 4) is 0 Å². The van der Waals surface area contributed by atoms with Gasteiger partial charge in [-0.2, -0.15) is 0 Å². The number of para-hydroxylation sites is 1. The average Bonchev–Trinajstić information content (AvgIpc) is 2.18. The van der Waals surface area contributed by atoms with Gasteiger partial charge >= 0.3 is 0 Å². The van der Waals surface area contributed by atoms with E-state index >= 15 is 0 Å². The van der Waals surface area contributed by atoms with Crippen molar-refractivity contribution in [1.82, 2.24) is 0 Å². The molecule has 0 fully saturated rings. The normalized spacial score (nSPS) is 12.5. The molecule has 72 valence electrons. The second kappa shape index (κ2) is 4.90. The highest BCUT2D eigenvalue weighted by Gasteiger charge is 2.01. The molecular formula is C12H19N. The Morgan fingerprint density at radius 1 is 1.23 bits per heavy atom. The molecule has 0 heterocycles. The first kappa shape index (κ1) is 10.1. The van der Waals surface area contributed by atoms with E-state index in [0.29, 0.717) is 6.04 Å². The highest BCUT2D eigenvalue weighted by Crippen LogP contribution is 2.16. The maximum absolute atomic E-state index is 3.51. The van der Waals surface area contributed by atoms with Gasteiger partial charge < -0.3 is 5.32 Å². The summed E-state index contributed by atoms with van der Waals surface area (Å²) in [5.74, 6) is 0. The van der Waals surface area contributed by atoms with Crippen molar-refractivity contribution in [3.05, 3.63) is 29.8 Å². The maximum Gasteiger partial charge on any atom is 0.0374 e. The lowest BCUT2D eigenvalue weighted by Crippen LogP contribution is -2.14. The lowest BCUT2D eigenvalue weighted by atomic mass is 10.1. The van der Waals surface area contributed by atoms with E-state index in [1.54, 1.807) is 0 Å². The molecule has 0 aliphatic rings. The van der Waals surface area contributed by atoms with E-state index in [-0.39, 0.29) is 0 Å². The molecule has 1 N–H and O–H groups in total. The van der Waals surface area contributed by atoms with Gasteiger partial charge in [0, 0.05) is 11.7 Å². The summed E-state index contributed by atoms with van der Waals surface area (Å²) in [6.07, 6.45) is 2.26. The Hall–Kier alpha value is -0.980. The summed E-state index contributed by atoms with van der Waals surface area (Å²) < 4.78 is 0. The van der Waals surface area contributed by atoms with Crippen LogP contribution in [0.25, 0.3) is 0 Å². The molecule has 0 amide bonds. The average molecular weight is 177 g/mol. The number of aryl methyl sites for hydroxylation is 1. The number of benzene rings is 1. The van der Waals surface area contributed by atoms with Crippen molar-refractivity contribution in [2.45, 2.75) is 39.7 Å². The van der Waals surface area contributed by atoms with Crippen LogP contribution in [0.15, 0.2) is 24.3 Å². The molecule has 0 aromatic heterocycles. The monoisotopic (exact) mass is 177 g/mol. The van der Waals surface area contributed by atoms with Crippen LogP contribution < -0.4 is 5.32 Å². The Morgan fingerprint density at radius 3 is 2.54 bits per heavy atom. The number of nitrogens with one attached hydrogen (secondary N) is 1. The van der Waals surface area contributed by atoms with Crippen LogP contribution >= 0.6 is 0 Å². The maximum atomic E-state index is 3.51. The van der Waals surface area contributed by atoms with Gasteiger partial charge in [-0.15, -0.1) is 0 Å². The summed E-state index contributed by atoms with van der Waals surface area (Å²) in [7, 11) is 0. The topological polar surface area (TPSA) is 12.0 Å². The SMILES string of the molecule is CCc1ccccc1N[C@@H](C)CC. The Labute approximate surface area is 81.2 Å². The van der Waals surface area contributed by atoms with Gasteiger partial charge in [0.05, 0.1) is 0 Å². The van der Waals surface area contributed by atoms with E-state index in [4.69, 9.17) is 0 Å². The van der Waals surface area contributed by atoms with Gasteiger partial charge in [-0.05, 0) is 31.4 Å². The third-order valence-electron chi connectivity index (χ3n) is 2.41. The fraction of sp³-hybridized carbons (Fsp3) is 0.500. The minimum Gasteiger partial charge on any atom is -0.382 e. The van der Waals surface area contributed by atoms with Gasteiger partial charge in [0.15, 0.2) is 0 Å². The quantitative estimate of drug-likeness (QED) is 0.742. The van der Waals surface area contributed by atoms with Crippen LogP contribution in [0.1, 0.15) is 32.8 Å². The van der Waals surface area contributed by atoms with Gasteiger partial charge in [-0.1, -0.05) is 32.0 Å². The van der Waals surface area contributed by atoms with E-state index in [0.717, 1.165) is 12.8 Å². The lowest BCUT2D eigenvalue weighted by molar-refractivity contribution is 0.762. The van der Waals surface area contributed by atoms with Crippen molar-refractivity contribution >= 4 is 5.69 Å². The molecule has 0 unspecified atom stereocenters. The third kappa shape index (κ3) is 2.76. The summed E-state index contributed by atoms with van der Waals surface area (Å²) in [6, 6.07) is 9.09. The summed E-state index contributed by atoms with van der Waals surface area (Å²) in [5, 5.41) is 3.51. The number of rotatable bonds is 4. The zero-order chi connectivity index (χ0) is 9.68. The summed E-state index contributed by atoms with van der Waals surface area (Å²) in [6.45, 7) is 6.61. The molecule has 0 saturated carbocycles. The molecule has 1 atom stereocenters. The van der Waals surface area contributed by atoms with Gasteiger partial charge in [0.2, 0.25) is 0 Å². The summed E-state index contributed by atoms with van der Waals surface area (Å²) in [5.41, 5.74) is 2.70.